The molecule has 1 amide bonds. The lowest BCUT2D eigenvalue weighted by Gasteiger charge is -2.19. The summed E-state index contributed by atoms with van der Waals surface area (Å²) in [7, 11) is 0. The number of carbonyl (C=O) groups is 1. The summed E-state index contributed by atoms with van der Waals surface area (Å²) in [5.74, 6) is -0.260. The number of non-ortho nitro benzene ring substituents is 1. The number of aliphatic hydroxyl groups excluding tert-OH is 2. The van der Waals surface area contributed by atoms with Gasteiger partial charge in [0.15, 0.2) is 0 Å². The van der Waals surface area contributed by atoms with Gasteiger partial charge in [-0.15, -0.1) is 0 Å². The van der Waals surface area contributed by atoms with E-state index in [-0.39, 0.29) is 35.7 Å². The van der Waals surface area contributed by atoms with Crippen molar-refractivity contribution in [1.82, 2.24) is 5.32 Å². The molecule has 0 aliphatic carbocycles. The first-order valence-corrected chi connectivity index (χ1v) is 6.15. The topological polar surface area (TPSA) is 136 Å². The normalized spacial score (nSPS) is 13.0. The maximum Gasteiger partial charge on any atom is 0.270 e. The number of hydrogen-bond acceptors (Lipinski definition) is 6. The number of benzene rings is 1. The highest BCUT2D eigenvalue weighted by molar-refractivity contribution is 5.72. The van der Waals surface area contributed by atoms with Crippen molar-refractivity contribution in [2.24, 2.45) is 0 Å². The van der Waals surface area contributed by atoms with Gasteiger partial charge < -0.3 is 15.5 Å². The van der Waals surface area contributed by atoms with Crippen molar-refractivity contribution in [3.63, 3.8) is 0 Å². The zero-order valence-electron chi connectivity index (χ0n) is 11.3. The molecular weight excluding hydrogens is 278 g/mol. The van der Waals surface area contributed by atoms with Crippen LogP contribution in [0.2, 0.25) is 0 Å². The number of nitriles is 1. The van der Waals surface area contributed by atoms with E-state index in [4.69, 9.17) is 5.26 Å². The third-order valence-electron chi connectivity index (χ3n) is 2.87. The predicted octanol–water partition coefficient (Wildman–Crippen LogP) is 0.387. The molecule has 8 nitrogen and oxygen atoms in total. The number of aliphatic hydroxyl groups is 2. The Hall–Kier alpha value is -2.50. The molecule has 0 saturated carbocycles. The van der Waals surface area contributed by atoms with Crippen LogP contribution < -0.4 is 5.32 Å². The zero-order chi connectivity index (χ0) is 16.0. The second kappa shape index (κ2) is 7.33. The quantitative estimate of drug-likeness (QED) is 0.512. The number of carbonyl (C=O) groups excluding carboxylic acids is 1. The summed E-state index contributed by atoms with van der Waals surface area (Å²) in [4.78, 5) is 20.7. The summed E-state index contributed by atoms with van der Waals surface area (Å²) in [6.45, 7) is 1.50. The SMILES string of the molecule is CC(=O)NCCC(O)C(O)c1ccc([N+](=O)[O-])cc1C#N. The smallest absolute Gasteiger partial charge is 0.270 e. The first kappa shape index (κ1) is 16.6. The van der Waals surface area contributed by atoms with E-state index in [2.05, 4.69) is 5.32 Å². The highest BCUT2D eigenvalue weighted by Gasteiger charge is 2.22. The maximum atomic E-state index is 10.7. The molecule has 0 radical (unpaired) electrons. The number of amides is 1. The summed E-state index contributed by atoms with van der Waals surface area (Å²) >= 11 is 0. The van der Waals surface area contributed by atoms with Gasteiger partial charge in [0.1, 0.15) is 6.10 Å². The Balaban J connectivity index is 2.86. The van der Waals surface area contributed by atoms with E-state index in [0.29, 0.717) is 0 Å². The van der Waals surface area contributed by atoms with Gasteiger partial charge in [0.25, 0.3) is 5.69 Å². The minimum atomic E-state index is -1.37. The van der Waals surface area contributed by atoms with E-state index in [1.54, 1.807) is 6.07 Å². The predicted molar refractivity (Wildman–Crippen MR) is 72.1 cm³/mol. The molecule has 0 fully saturated rings. The van der Waals surface area contributed by atoms with Crippen molar-refractivity contribution < 1.29 is 19.9 Å². The summed E-state index contributed by atoms with van der Waals surface area (Å²) in [5, 5.41) is 41.9. The van der Waals surface area contributed by atoms with Gasteiger partial charge in [-0.1, -0.05) is 0 Å². The molecule has 3 N–H and O–H groups in total. The molecule has 0 aromatic heterocycles. The van der Waals surface area contributed by atoms with Crippen LogP contribution >= 0.6 is 0 Å². The number of rotatable bonds is 6. The lowest BCUT2D eigenvalue weighted by Crippen LogP contribution is -2.28. The van der Waals surface area contributed by atoms with Crippen LogP contribution in [-0.4, -0.2) is 33.7 Å². The number of nitrogens with one attached hydrogen (secondary N) is 1. The van der Waals surface area contributed by atoms with Crippen molar-refractivity contribution in [2.45, 2.75) is 25.6 Å². The lowest BCUT2D eigenvalue weighted by molar-refractivity contribution is -0.384. The Morgan fingerprint density at radius 2 is 2.19 bits per heavy atom. The van der Waals surface area contributed by atoms with Crippen molar-refractivity contribution in [3.8, 4) is 6.07 Å². The van der Waals surface area contributed by atoms with Crippen molar-refractivity contribution in [1.29, 1.82) is 5.26 Å². The van der Waals surface area contributed by atoms with E-state index >= 15 is 0 Å². The van der Waals surface area contributed by atoms with Gasteiger partial charge in [-0.25, -0.2) is 0 Å². The summed E-state index contributed by atoms with van der Waals surface area (Å²) in [6, 6.07) is 5.19. The second-order valence-electron chi connectivity index (χ2n) is 4.42. The van der Waals surface area contributed by atoms with E-state index in [1.165, 1.54) is 13.0 Å². The van der Waals surface area contributed by atoms with Crippen LogP contribution in [-0.2, 0) is 4.79 Å². The molecule has 2 unspecified atom stereocenters. The average molecular weight is 293 g/mol. The van der Waals surface area contributed by atoms with Crippen LogP contribution in [0.15, 0.2) is 18.2 Å². The van der Waals surface area contributed by atoms with E-state index < -0.39 is 17.1 Å². The van der Waals surface area contributed by atoms with Crippen LogP contribution in [0.1, 0.15) is 30.6 Å². The molecular formula is C13H15N3O5. The van der Waals surface area contributed by atoms with Crippen molar-refractivity contribution in [2.75, 3.05) is 6.54 Å². The Morgan fingerprint density at radius 3 is 2.71 bits per heavy atom. The van der Waals surface area contributed by atoms with Crippen LogP contribution in [0.5, 0.6) is 0 Å². The van der Waals surface area contributed by atoms with Gasteiger partial charge in [-0.05, 0) is 12.5 Å². The third kappa shape index (κ3) is 4.52. The molecule has 0 spiro atoms. The fourth-order valence-electron chi connectivity index (χ4n) is 1.77. The minimum Gasteiger partial charge on any atom is -0.390 e. The van der Waals surface area contributed by atoms with Gasteiger partial charge >= 0.3 is 0 Å². The molecule has 0 saturated heterocycles. The Morgan fingerprint density at radius 1 is 1.52 bits per heavy atom. The van der Waals surface area contributed by atoms with E-state index in [9.17, 15) is 25.1 Å². The van der Waals surface area contributed by atoms with Gasteiger partial charge in [0.05, 0.1) is 22.7 Å². The first-order valence-electron chi connectivity index (χ1n) is 6.15. The van der Waals surface area contributed by atoms with Crippen LogP contribution in [0, 0.1) is 21.4 Å². The molecule has 8 heteroatoms. The molecule has 1 rings (SSSR count). The van der Waals surface area contributed by atoms with Gasteiger partial charge in [0.2, 0.25) is 5.91 Å². The number of nitro groups is 1. The second-order valence-corrected chi connectivity index (χ2v) is 4.42. The van der Waals surface area contributed by atoms with Gasteiger partial charge in [0, 0.05) is 31.2 Å². The van der Waals surface area contributed by atoms with Crippen molar-refractivity contribution >= 4 is 11.6 Å². The van der Waals surface area contributed by atoms with Crippen LogP contribution in [0.25, 0.3) is 0 Å². The van der Waals surface area contributed by atoms with Gasteiger partial charge in [-0.2, -0.15) is 5.26 Å². The maximum absolute atomic E-state index is 10.7. The summed E-state index contributed by atoms with van der Waals surface area (Å²) < 4.78 is 0. The molecule has 0 aliphatic heterocycles. The van der Waals surface area contributed by atoms with Crippen LogP contribution in [0.3, 0.4) is 0 Å². The van der Waals surface area contributed by atoms with Crippen LogP contribution in [0.4, 0.5) is 5.69 Å². The monoisotopic (exact) mass is 293 g/mol. The fraction of sp³-hybridized carbons (Fsp3) is 0.385. The van der Waals surface area contributed by atoms with E-state index in [0.717, 1.165) is 12.1 Å². The van der Waals surface area contributed by atoms with Crippen molar-refractivity contribution in [3.05, 3.63) is 39.4 Å². The number of nitro benzene ring substituents is 1. The Bertz CT molecular complexity index is 582. The highest BCUT2D eigenvalue weighted by atomic mass is 16.6. The molecule has 0 aliphatic rings. The summed E-state index contributed by atoms with van der Waals surface area (Å²) in [5.41, 5.74) is -0.232. The first-order chi connectivity index (χ1) is 9.86. The minimum absolute atomic E-state index is 0.0738. The van der Waals surface area contributed by atoms with E-state index in [1.807, 2.05) is 0 Å². The lowest BCUT2D eigenvalue weighted by atomic mass is 9.97. The largest absolute Gasteiger partial charge is 0.390 e. The molecule has 21 heavy (non-hydrogen) atoms. The molecule has 1 aromatic carbocycles. The molecule has 0 heterocycles. The number of hydrogen-bond donors (Lipinski definition) is 3. The average Bonchev–Trinajstić information content (AvgIpc) is 2.45. The number of nitrogens with zero attached hydrogens (tertiary/aromatic N) is 2. The summed E-state index contributed by atoms with van der Waals surface area (Å²) in [6.07, 6.45) is -2.48. The van der Waals surface area contributed by atoms with Gasteiger partial charge in [-0.3, -0.25) is 14.9 Å². The molecule has 1 aromatic rings. The fourth-order valence-corrected chi connectivity index (χ4v) is 1.77. The molecule has 2 atom stereocenters. The standard InChI is InChI=1S/C13H15N3O5/c1-8(17)15-5-4-12(18)13(19)11-3-2-10(16(20)21)6-9(11)7-14/h2-3,6,12-13,18-19H,4-5H2,1H3,(H,15,17). The highest BCUT2D eigenvalue weighted by Crippen LogP contribution is 2.25. The Labute approximate surface area is 120 Å². The third-order valence-corrected chi connectivity index (χ3v) is 2.87. The molecule has 112 valence electrons. The Kier molecular flexibility index (Phi) is 5.78. The zero-order valence-corrected chi connectivity index (χ0v) is 11.3. The molecule has 0 bridgehead atoms.